The first-order valence-electron chi connectivity index (χ1n) is 6.66. The molecule has 3 atom stereocenters. The highest BCUT2D eigenvalue weighted by molar-refractivity contribution is 7.98. The Bertz CT molecular complexity index is 171. The lowest BCUT2D eigenvalue weighted by Gasteiger charge is -2.32. The largest absolute Gasteiger partial charge is 0.396 e. The van der Waals surface area contributed by atoms with Crippen molar-refractivity contribution >= 4 is 11.8 Å². The third-order valence-electron chi connectivity index (χ3n) is 3.68. The van der Waals surface area contributed by atoms with Gasteiger partial charge in [0.15, 0.2) is 0 Å². The van der Waals surface area contributed by atoms with Crippen molar-refractivity contribution in [2.24, 2.45) is 5.92 Å². The summed E-state index contributed by atoms with van der Waals surface area (Å²) in [6.07, 6.45) is 9.82. The molecule has 96 valence electrons. The van der Waals surface area contributed by atoms with Gasteiger partial charge in [-0.15, -0.1) is 0 Å². The van der Waals surface area contributed by atoms with E-state index in [0.717, 1.165) is 18.1 Å². The van der Waals surface area contributed by atoms with Crippen molar-refractivity contribution in [3.8, 4) is 0 Å². The molecule has 0 bridgehead atoms. The number of hydrogen-bond acceptors (Lipinski definition) is 3. The minimum absolute atomic E-state index is 0.308. The minimum Gasteiger partial charge on any atom is -0.396 e. The minimum atomic E-state index is 0.308. The van der Waals surface area contributed by atoms with Crippen molar-refractivity contribution in [1.29, 1.82) is 0 Å². The van der Waals surface area contributed by atoms with Gasteiger partial charge in [-0.2, -0.15) is 11.8 Å². The zero-order chi connectivity index (χ0) is 11.8. The van der Waals surface area contributed by atoms with Crippen molar-refractivity contribution in [1.82, 2.24) is 5.32 Å². The molecule has 1 rings (SSSR count). The SMILES string of the molecule is CCC1CCCC(NC(CCO)CSC)C1. The monoisotopic (exact) mass is 245 g/mol. The summed E-state index contributed by atoms with van der Waals surface area (Å²) in [6.45, 7) is 2.61. The molecule has 0 radical (unpaired) electrons. The van der Waals surface area contributed by atoms with Crippen LogP contribution in [0.5, 0.6) is 0 Å². The van der Waals surface area contributed by atoms with Crippen LogP contribution in [0.1, 0.15) is 45.4 Å². The van der Waals surface area contributed by atoms with E-state index in [4.69, 9.17) is 5.11 Å². The zero-order valence-corrected chi connectivity index (χ0v) is 11.6. The number of rotatable bonds is 7. The van der Waals surface area contributed by atoms with Crippen molar-refractivity contribution in [3.05, 3.63) is 0 Å². The lowest BCUT2D eigenvalue weighted by atomic mass is 9.84. The molecule has 2 N–H and O–H groups in total. The molecule has 0 heterocycles. The van der Waals surface area contributed by atoms with Gasteiger partial charge in [0.05, 0.1) is 0 Å². The van der Waals surface area contributed by atoms with Gasteiger partial charge in [0, 0.05) is 24.4 Å². The molecule has 16 heavy (non-hydrogen) atoms. The maximum Gasteiger partial charge on any atom is 0.0446 e. The Balaban J connectivity index is 2.31. The number of aliphatic hydroxyl groups is 1. The molecule has 2 nitrogen and oxygen atoms in total. The molecule has 3 heteroatoms. The predicted octanol–water partition coefficient (Wildman–Crippen LogP) is 2.66. The number of hydrogen-bond donors (Lipinski definition) is 2. The molecular weight excluding hydrogens is 218 g/mol. The Kier molecular flexibility index (Phi) is 7.50. The van der Waals surface area contributed by atoms with E-state index in [1.54, 1.807) is 0 Å². The summed E-state index contributed by atoms with van der Waals surface area (Å²) in [6, 6.07) is 1.20. The van der Waals surface area contributed by atoms with Crippen molar-refractivity contribution < 1.29 is 5.11 Å². The van der Waals surface area contributed by atoms with E-state index in [-0.39, 0.29) is 0 Å². The molecule has 0 saturated heterocycles. The molecule has 1 fully saturated rings. The number of thioether (sulfide) groups is 1. The molecule has 1 saturated carbocycles. The highest BCUT2D eigenvalue weighted by Gasteiger charge is 2.22. The summed E-state index contributed by atoms with van der Waals surface area (Å²) in [5.74, 6) is 2.05. The Morgan fingerprint density at radius 3 is 2.88 bits per heavy atom. The van der Waals surface area contributed by atoms with E-state index in [1.165, 1.54) is 32.1 Å². The second-order valence-corrected chi connectivity index (χ2v) is 5.88. The van der Waals surface area contributed by atoms with E-state index in [9.17, 15) is 0 Å². The summed E-state index contributed by atoms with van der Waals surface area (Å²) in [7, 11) is 0. The fourth-order valence-corrected chi connectivity index (χ4v) is 3.38. The second-order valence-electron chi connectivity index (χ2n) is 4.97. The van der Waals surface area contributed by atoms with Gasteiger partial charge < -0.3 is 10.4 Å². The summed E-state index contributed by atoms with van der Waals surface area (Å²) in [5, 5.41) is 12.8. The molecular formula is C13H27NOS. The van der Waals surface area contributed by atoms with Gasteiger partial charge in [0.1, 0.15) is 0 Å². The highest BCUT2D eigenvalue weighted by atomic mass is 32.2. The zero-order valence-electron chi connectivity index (χ0n) is 10.7. The Morgan fingerprint density at radius 1 is 1.44 bits per heavy atom. The summed E-state index contributed by atoms with van der Waals surface area (Å²) < 4.78 is 0. The quantitative estimate of drug-likeness (QED) is 0.723. The predicted molar refractivity (Wildman–Crippen MR) is 73.0 cm³/mol. The van der Waals surface area contributed by atoms with Gasteiger partial charge in [0.25, 0.3) is 0 Å². The lowest BCUT2D eigenvalue weighted by molar-refractivity contribution is 0.234. The lowest BCUT2D eigenvalue weighted by Crippen LogP contribution is -2.42. The molecule has 0 aliphatic heterocycles. The maximum absolute atomic E-state index is 9.04. The molecule has 0 aromatic carbocycles. The fraction of sp³-hybridized carbons (Fsp3) is 1.00. The molecule has 1 aliphatic rings. The molecule has 3 unspecified atom stereocenters. The molecule has 0 amide bonds. The van der Waals surface area contributed by atoms with E-state index < -0.39 is 0 Å². The third kappa shape index (κ3) is 5.07. The average Bonchev–Trinajstić information content (AvgIpc) is 2.30. The van der Waals surface area contributed by atoms with Gasteiger partial charge >= 0.3 is 0 Å². The Labute approximate surface area is 105 Å². The van der Waals surface area contributed by atoms with Crippen molar-refractivity contribution in [2.45, 2.75) is 57.5 Å². The van der Waals surface area contributed by atoms with E-state index in [2.05, 4.69) is 18.5 Å². The number of nitrogens with one attached hydrogen (secondary N) is 1. The smallest absolute Gasteiger partial charge is 0.0446 e. The summed E-state index contributed by atoms with van der Waals surface area (Å²) >= 11 is 1.87. The van der Waals surface area contributed by atoms with Crippen molar-refractivity contribution in [3.63, 3.8) is 0 Å². The second kappa shape index (κ2) is 8.37. The van der Waals surface area contributed by atoms with Crippen LogP contribution in [-0.4, -0.2) is 35.8 Å². The van der Waals surface area contributed by atoms with Gasteiger partial charge in [0.2, 0.25) is 0 Å². The molecule has 1 aliphatic carbocycles. The van der Waals surface area contributed by atoms with Crippen LogP contribution in [0.25, 0.3) is 0 Å². The van der Waals surface area contributed by atoms with Crippen LogP contribution in [0.3, 0.4) is 0 Å². The van der Waals surface area contributed by atoms with Crippen molar-refractivity contribution in [2.75, 3.05) is 18.6 Å². The normalized spacial score (nSPS) is 27.9. The Hall–Kier alpha value is 0.270. The molecule has 0 aromatic heterocycles. The summed E-state index contributed by atoms with van der Waals surface area (Å²) in [5.41, 5.74) is 0. The van der Waals surface area contributed by atoms with Crippen LogP contribution in [0.15, 0.2) is 0 Å². The van der Waals surface area contributed by atoms with Crippen LogP contribution >= 0.6 is 11.8 Å². The van der Waals surface area contributed by atoms with E-state index in [0.29, 0.717) is 18.7 Å². The first-order chi connectivity index (χ1) is 7.80. The van der Waals surface area contributed by atoms with Gasteiger partial charge in [-0.1, -0.05) is 26.2 Å². The van der Waals surface area contributed by atoms with Crippen LogP contribution in [0, 0.1) is 5.92 Å². The van der Waals surface area contributed by atoms with Crippen LogP contribution in [0.2, 0.25) is 0 Å². The third-order valence-corrected chi connectivity index (χ3v) is 4.41. The van der Waals surface area contributed by atoms with E-state index >= 15 is 0 Å². The highest BCUT2D eigenvalue weighted by Crippen LogP contribution is 2.27. The van der Waals surface area contributed by atoms with Gasteiger partial charge in [-0.25, -0.2) is 0 Å². The number of aliphatic hydroxyl groups excluding tert-OH is 1. The summed E-state index contributed by atoms with van der Waals surface area (Å²) in [4.78, 5) is 0. The average molecular weight is 245 g/mol. The maximum atomic E-state index is 9.04. The van der Waals surface area contributed by atoms with E-state index in [1.807, 2.05) is 11.8 Å². The standard InChI is InChI=1S/C13H27NOS/c1-3-11-5-4-6-12(9-11)14-13(7-8-15)10-16-2/h11-15H,3-10H2,1-2H3. The first-order valence-corrected chi connectivity index (χ1v) is 8.05. The van der Waals surface area contributed by atoms with Crippen LogP contribution in [-0.2, 0) is 0 Å². The fourth-order valence-electron chi connectivity index (χ4n) is 2.72. The molecule has 0 spiro atoms. The van der Waals surface area contributed by atoms with Gasteiger partial charge in [-0.05, 0) is 31.4 Å². The van der Waals surface area contributed by atoms with Crippen LogP contribution in [0.4, 0.5) is 0 Å². The van der Waals surface area contributed by atoms with Gasteiger partial charge in [-0.3, -0.25) is 0 Å². The van der Waals surface area contributed by atoms with Crippen LogP contribution < -0.4 is 5.32 Å². The Morgan fingerprint density at radius 2 is 2.25 bits per heavy atom. The molecule has 0 aromatic rings. The topological polar surface area (TPSA) is 32.3 Å². The first kappa shape index (κ1) is 14.3.